The molecule has 0 unspecified atom stereocenters. The van der Waals surface area contributed by atoms with Crippen molar-refractivity contribution < 1.29 is 14.3 Å². The molecule has 3 aromatic rings. The van der Waals surface area contributed by atoms with Gasteiger partial charge >= 0.3 is 6.03 Å². The van der Waals surface area contributed by atoms with Crippen LogP contribution in [-0.2, 0) is 10.5 Å². The van der Waals surface area contributed by atoms with Crippen LogP contribution in [0.3, 0.4) is 0 Å². The van der Waals surface area contributed by atoms with E-state index in [-0.39, 0.29) is 11.7 Å². The number of nitrogens with zero attached hydrogens (tertiary/aromatic N) is 2. The maximum absolute atomic E-state index is 13.4. The minimum Gasteiger partial charge on any atom is -0.378 e. The highest BCUT2D eigenvalue weighted by molar-refractivity contribution is 7.98. The number of hydrogen-bond acceptors (Lipinski definition) is 7. The van der Waals surface area contributed by atoms with Crippen LogP contribution < -0.4 is 15.5 Å². The predicted molar refractivity (Wildman–Crippen MR) is 152 cm³/mol. The number of thioether (sulfide) groups is 1. The first kappa shape index (κ1) is 26.0. The van der Waals surface area contributed by atoms with Crippen LogP contribution in [0.2, 0.25) is 4.34 Å². The van der Waals surface area contributed by atoms with Gasteiger partial charge in [0.05, 0.1) is 24.6 Å². The van der Waals surface area contributed by atoms with E-state index in [4.69, 9.17) is 16.3 Å². The van der Waals surface area contributed by atoms with Crippen molar-refractivity contribution in [2.75, 3.05) is 41.8 Å². The molecule has 0 bridgehead atoms. The van der Waals surface area contributed by atoms with Gasteiger partial charge in [-0.15, -0.1) is 11.8 Å². The van der Waals surface area contributed by atoms with Gasteiger partial charge in [-0.2, -0.15) is 0 Å². The zero-order valence-electron chi connectivity index (χ0n) is 20.4. The van der Waals surface area contributed by atoms with Gasteiger partial charge in [0, 0.05) is 40.9 Å². The minimum absolute atomic E-state index is 0.00555. The van der Waals surface area contributed by atoms with E-state index in [1.807, 2.05) is 48.5 Å². The SMILES string of the molecule is O=C(Nc1nc(CSc2ccccc2)c(Cl)s1)Nc1ccc(N2CCOCC2)cc1C(=O)C1CCCC1. The number of carbonyl (C=O) groups is 2. The van der Waals surface area contributed by atoms with Crippen molar-refractivity contribution in [2.45, 2.75) is 36.3 Å². The lowest BCUT2D eigenvalue weighted by Gasteiger charge is -2.29. The molecule has 10 heteroatoms. The molecule has 2 N–H and O–H groups in total. The van der Waals surface area contributed by atoms with Gasteiger partial charge in [0.25, 0.3) is 0 Å². The number of urea groups is 1. The number of amides is 2. The molecule has 1 saturated heterocycles. The van der Waals surface area contributed by atoms with Gasteiger partial charge in [0.1, 0.15) is 4.34 Å². The van der Waals surface area contributed by atoms with Crippen LogP contribution in [0.4, 0.5) is 21.3 Å². The number of ether oxygens (including phenoxy) is 1. The lowest BCUT2D eigenvalue weighted by molar-refractivity contribution is 0.0923. The van der Waals surface area contributed by atoms with E-state index in [9.17, 15) is 9.59 Å². The fourth-order valence-electron chi connectivity index (χ4n) is 4.67. The van der Waals surface area contributed by atoms with E-state index in [2.05, 4.69) is 20.5 Å². The summed E-state index contributed by atoms with van der Waals surface area (Å²) in [5.41, 5.74) is 2.77. The van der Waals surface area contributed by atoms with E-state index in [0.717, 1.165) is 55.0 Å². The number of anilines is 3. The Bertz CT molecular complexity index is 1240. The smallest absolute Gasteiger partial charge is 0.325 e. The summed E-state index contributed by atoms with van der Waals surface area (Å²) >= 11 is 9.26. The molecule has 5 rings (SSSR count). The van der Waals surface area contributed by atoms with Gasteiger partial charge in [0.15, 0.2) is 10.9 Å². The van der Waals surface area contributed by atoms with Crippen LogP contribution in [0.15, 0.2) is 53.4 Å². The Labute approximate surface area is 229 Å². The number of nitrogens with one attached hydrogen (secondary N) is 2. The van der Waals surface area contributed by atoms with Crippen molar-refractivity contribution in [3.63, 3.8) is 0 Å². The third kappa shape index (κ3) is 6.65. The lowest BCUT2D eigenvalue weighted by atomic mass is 9.94. The first-order chi connectivity index (χ1) is 18.1. The minimum atomic E-state index is -0.452. The monoisotopic (exact) mass is 556 g/mol. The van der Waals surface area contributed by atoms with Crippen LogP contribution in [0.25, 0.3) is 0 Å². The molecular weight excluding hydrogens is 528 g/mol. The molecule has 2 heterocycles. The summed E-state index contributed by atoms with van der Waals surface area (Å²) in [6.45, 7) is 2.88. The maximum Gasteiger partial charge on any atom is 0.325 e. The number of hydrogen-bond donors (Lipinski definition) is 2. The Hall–Kier alpha value is -2.59. The Balaban J connectivity index is 1.28. The number of benzene rings is 2. The van der Waals surface area contributed by atoms with Gasteiger partial charge in [-0.05, 0) is 43.2 Å². The standard InChI is InChI=1S/C27H29ClN4O3S2/c28-25-23(17-36-20-8-2-1-3-9-20)30-27(37-25)31-26(34)29-22-11-10-19(32-12-14-35-15-13-32)16-21(22)24(33)18-6-4-5-7-18/h1-3,8-11,16,18H,4-7,12-15,17H2,(H2,29,30,31,34). The van der Waals surface area contributed by atoms with Crippen molar-refractivity contribution in [1.82, 2.24) is 4.98 Å². The second-order valence-electron chi connectivity index (χ2n) is 9.10. The molecule has 0 radical (unpaired) electrons. The van der Waals surface area contributed by atoms with Crippen LogP contribution in [0, 0.1) is 5.92 Å². The highest BCUT2D eigenvalue weighted by Gasteiger charge is 2.27. The van der Waals surface area contributed by atoms with Crippen LogP contribution in [0.1, 0.15) is 41.7 Å². The summed E-state index contributed by atoms with van der Waals surface area (Å²) in [4.78, 5) is 34.2. The topological polar surface area (TPSA) is 83.6 Å². The van der Waals surface area contributed by atoms with Crippen molar-refractivity contribution in [3.05, 3.63) is 64.1 Å². The molecule has 0 spiro atoms. The number of morpholine rings is 1. The average molecular weight is 557 g/mol. The molecule has 7 nitrogen and oxygen atoms in total. The fourth-order valence-corrected chi connectivity index (χ4v) is 6.73. The third-order valence-electron chi connectivity index (χ3n) is 6.61. The summed E-state index contributed by atoms with van der Waals surface area (Å²) in [5.74, 6) is 0.706. The molecule has 1 aromatic heterocycles. The van der Waals surface area contributed by atoms with E-state index in [1.165, 1.54) is 11.3 Å². The van der Waals surface area contributed by atoms with Gasteiger partial charge < -0.3 is 15.0 Å². The molecule has 0 atom stereocenters. The number of rotatable bonds is 8. The molecule has 2 fully saturated rings. The van der Waals surface area contributed by atoms with Crippen molar-refractivity contribution in [2.24, 2.45) is 5.92 Å². The Morgan fingerprint density at radius 2 is 1.84 bits per heavy atom. The molecule has 1 saturated carbocycles. The number of halogens is 1. The third-order valence-corrected chi connectivity index (χ3v) is 8.88. The highest BCUT2D eigenvalue weighted by atomic mass is 35.5. The van der Waals surface area contributed by atoms with Crippen LogP contribution in [-0.4, -0.2) is 43.1 Å². The van der Waals surface area contributed by atoms with Crippen LogP contribution in [0.5, 0.6) is 0 Å². The quantitative estimate of drug-likeness (QED) is 0.231. The zero-order valence-corrected chi connectivity index (χ0v) is 22.8. The van der Waals surface area contributed by atoms with Crippen molar-refractivity contribution >= 4 is 63.0 Å². The van der Waals surface area contributed by atoms with E-state index < -0.39 is 6.03 Å². The number of carbonyl (C=O) groups excluding carboxylic acids is 2. The number of Topliss-reactive ketones (excluding diaryl/α,β-unsaturated/α-hetero) is 1. The summed E-state index contributed by atoms with van der Waals surface area (Å²) in [6.07, 6.45) is 3.93. The number of ketones is 1. The van der Waals surface area contributed by atoms with Gasteiger partial charge in [-0.25, -0.2) is 9.78 Å². The summed E-state index contributed by atoms with van der Waals surface area (Å²) in [7, 11) is 0. The molecule has 194 valence electrons. The predicted octanol–water partition coefficient (Wildman–Crippen LogP) is 6.94. The van der Waals surface area contributed by atoms with Gasteiger partial charge in [0.2, 0.25) is 0 Å². The summed E-state index contributed by atoms with van der Waals surface area (Å²) in [6, 6.07) is 15.3. The van der Waals surface area contributed by atoms with Crippen molar-refractivity contribution in [3.8, 4) is 0 Å². The fraction of sp³-hybridized carbons (Fsp3) is 0.370. The van der Waals surface area contributed by atoms with Crippen molar-refractivity contribution in [1.29, 1.82) is 0 Å². The zero-order chi connectivity index (χ0) is 25.6. The largest absolute Gasteiger partial charge is 0.378 e. The molecule has 2 amide bonds. The second-order valence-corrected chi connectivity index (χ2v) is 11.7. The van der Waals surface area contributed by atoms with Gasteiger partial charge in [-0.3, -0.25) is 10.1 Å². The average Bonchev–Trinajstić information content (AvgIpc) is 3.58. The first-order valence-corrected chi connectivity index (χ1v) is 14.7. The van der Waals surface area contributed by atoms with E-state index in [0.29, 0.717) is 39.7 Å². The highest BCUT2D eigenvalue weighted by Crippen LogP contribution is 2.34. The second kappa shape index (κ2) is 12.3. The Kier molecular flexibility index (Phi) is 8.66. The Morgan fingerprint density at radius 3 is 2.59 bits per heavy atom. The van der Waals surface area contributed by atoms with Gasteiger partial charge in [-0.1, -0.05) is 54.0 Å². The molecule has 1 aliphatic carbocycles. The molecule has 2 aromatic carbocycles. The van der Waals surface area contributed by atoms with E-state index >= 15 is 0 Å². The molecule has 2 aliphatic rings. The summed E-state index contributed by atoms with van der Waals surface area (Å²) in [5, 5.41) is 6.09. The maximum atomic E-state index is 13.4. The number of thiazole rings is 1. The first-order valence-electron chi connectivity index (χ1n) is 12.5. The van der Waals surface area contributed by atoms with Crippen LogP contribution >= 0.6 is 34.7 Å². The van der Waals surface area contributed by atoms with E-state index in [1.54, 1.807) is 11.8 Å². The molecular formula is C27H29ClN4O3S2. The molecule has 1 aliphatic heterocycles. The Morgan fingerprint density at radius 1 is 1.08 bits per heavy atom. The summed E-state index contributed by atoms with van der Waals surface area (Å²) < 4.78 is 6.02. The lowest BCUT2D eigenvalue weighted by Crippen LogP contribution is -2.36. The normalized spacial score (nSPS) is 16.1. The molecule has 37 heavy (non-hydrogen) atoms. The number of aromatic nitrogens is 1.